The summed E-state index contributed by atoms with van der Waals surface area (Å²) >= 11 is 6.00. The summed E-state index contributed by atoms with van der Waals surface area (Å²) in [4.78, 5) is 0. The minimum absolute atomic E-state index is 0.251. The minimum atomic E-state index is -0.926. The minimum Gasteiger partial charge on any atom is -0.491 e. The third-order valence-electron chi connectivity index (χ3n) is 3.39. The van der Waals surface area contributed by atoms with Crippen molar-refractivity contribution in [2.75, 3.05) is 6.61 Å². The van der Waals surface area contributed by atoms with Crippen molar-refractivity contribution in [1.82, 2.24) is 0 Å². The summed E-state index contributed by atoms with van der Waals surface area (Å²) in [5.74, 6) is 0.627. The zero-order valence-corrected chi connectivity index (χ0v) is 10.1. The molecule has 2 aliphatic rings. The SMILES string of the molecule is OC1(c2cc(F)cc(Cl)c2OCC2CC2)CC1. The van der Waals surface area contributed by atoms with E-state index in [0.717, 1.165) is 0 Å². The Labute approximate surface area is 104 Å². The first-order valence-electron chi connectivity index (χ1n) is 5.93. The summed E-state index contributed by atoms with van der Waals surface area (Å²) in [6, 6.07) is 2.57. The highest BCUT2D eigenvalue weighted by Crippen LogP contribution is 2.51. The number of benzene rings is 1. The summed E-state index contributed by atoms with van der Waals surface area (Å²) in [6.07, 6.45) is 3.65. The highest BCUT2D eigenvalue weighted by Gasteiger charge is 2.45. The molecule has 2 aliphatic carbocycles. The van der Waals surface area contributed by atoms with Crippen molar-refractivity contribution in [3.63, 3.8) is 0 Å². The highest BCUT2D eigenvalue weighted by atomic mass is 35.5. The molecular formula is C13H14ClFO2. The number of rotatable bonds is 4. The van der Waals surface area contributed by atoms with Gasteiger partial charge in [0, 0.05) is 5.56 Å². The van der Waals surface area contributed by atoms with Crippen molar-refractivity contribution >= 4 is 11.6 Å². The van der Waals surface area contributed by atoms with E-state index in [1.165, 1.54) is 25.0 Å². The number of hydrogen-bond acceptors (Lipinski definition) is 2. The molecule has 0 unspecified atom stereocenters. The quantitative estimate of drug-likeness (QED) is 0.896. The van der Waals surface area contributed by atoms with E-state index in [4.69, 9.17) is 16.3 Å². The lowest BCUT2D eigenvalue weighted by molar-refractivity contribution is 0.144. The molecule has 0 aliphatic heterocycles. The molecule has 2 nitrogen and oxygen atoms in total. The summed E-state index contributed by atoms with van der Waals surface area (Å²) in [5.41, 5.74) is -0.423. The lowest BCUT2D eigenvalue weighted by atomic mass is 10.1. The molecule has 0 heterocycles. The fraction of sp³-hybridized carbons (Fsp3) is 0.538. The third-order valence-corrected chi connectivity index (χ3v) is 3.67. The molecule has 0 amide bonds. The normalized spacial score (nSPS) is 21.4. The van der Waals surface area contributed by atoms with Crippen molar-refractivity contribution in [1.29, 1.82) is 0 Å². The topological polar surface area (TPSA) is 29.5 Å². The van der Waals surface area contributed by atoms with Gasteiger partial charge in [-0.25, -0.2) is 4.39 Å². The first kappa shape index (κ1) is 11.3. The Bertz CT molecular complexity index is 453. The van der Waals surface area contributed by atoms with Crippen molar-refractivity contribution < 1.29 is 14.2 Å². The average molecular weight is 257 g/mol. The fourth-order valence-electron chi connectivity index (χ4n) is 1.93. The van der Waals surface area contributed by atoms with Gasteiger partial charge in [-0.2, -0.15) is 0 Å². The summed E-state index contributed by atoms with van der Waals surface area (Å²) in [5, 5.41) is 10.4. The van der Waals surface area contributed by atoms with Gasteiger partial charge in [-0.15, -0.1) is 0 Å². The van der Waals surface area contributed by atoms with E-state index < -0.39 is 11.4 Å². The van der Waals surface area contributed by atoms with Gasteiger partial charge in [-0.05, 0) is 43.7 Å². The summed E-state index contributed by atoms with van der Waals surface area (Å²) < 4.78 is 19.0. The molecule has 3 rings (SSSR count). The van der Waals surface area contributed by atoms with E-state index >= 15 is 0 Å². The summed E-state index contributed by atoms with van der Waals surface area (Å²) in [7, 11) is 0. The van der Waals surface area contributed by atoms with Crippen LogP contribution in [0.4, 0.5) is 4.39 Å². The monoisotopic (exact) mass is 256 g/mol. The van der Waals surface area contributed by atoms with Gasteiger partial charge in [0.05, 0.1) is 17.2 Å². The van der Waals surface area contributed by atoms with E-state index in [1.807, 2.05) is 0 Å². The van der Waals surface area contributed by atoms with Gasteiger partial charge in [0.1, 0.15) is 11.6 Å². The Hall–Kier alpha value is -0.800. The largest absolute Gasteiger partial charge is 0.491 e. The standard InChI is InChI=1S/C13H14ClFO2/c14-11-6-9(15)5-10(13(16)3-4-13)12(11)17-7-8-1-2-8/h5-6,8,16H,1-4,7H2. The van der Waals surface area contributed by atoms with E-state index in [-0.39, 0.29) is 5.02 Å². The number of ether oxygens (including phenoxy) is 1. The van der Waals surface area contributed by atoms with Crippen molar-refractivity contribution in [2.24, 2.45) is 5.92 Å². The molecular weight excluding hydrogens is 243 g/mol. The van der Waals surface area contributed by atoms with E-state index in [2.05, 4.69) is 0 Å². The molecule has 1 aromatic carbocycles. The second kappa shape index (κ2) is 3.85. The highest BCUT2D eigenvalue weighted by molar-refractivity contribution is 6.32. The van der Waals surface area contributed by atoms with Gasteiger partial charge in [0.25, 0.3) is 0 Å². The van der Waals surface area contributed by atoms with Gasteiger partial charge in [0.2, 0.25) is 0 Å². The van der Waals surface area contributed by atoms with Gasteiger partial charge in [-0.1, -0.05) is 11.6 Å². The van der Waals surface area contributed by atoms with Crippen LogP contribution in [0.15, 0.2) is 12.1 Å². The molecule has 0 radical (unpaired) electrons. The zero-order chi connectivity index (χ0) is 12.0. The fourth-order valence-corrected chi connectivity index (χ4v) is 2.19. The Kier molecular flexibility index (Phi) is 2.56. The van der Waals surface area contributed by atoms with Crippen LogP contribution in [0.2, 0.25) is 5.02 Å². The average Bonchev–Trinajstić information content (AvgIpc) is 3.13. The maximum absolute atomic E-state index is 13.3. The second-order valence-corrected chi connectivity index (χ2v) is 5.46. The Morgan fingerprint density at radius 3 is 2.71 bits per heavy atom. The molecule has 17 heavy (non-hydrogen) atoms. The second-order valence-electron chi connectivity index (χ2n) is 5.05. The van der Waals surface area contributed by atoms with Crippen molar-refractivity contribution in [3.05, 3.63) is 28.5 Å². The molecule has 1 N–H and O–H groups in total. The maximum atomic E-state index is 13.3. The predicted molar refractivity (Wildman–Crippen MR) is 62.8 cm³/mol. The van der Waals surface area contributed by atoms with Gasteiger partial charge in [0.15, 0.2) is 0 Å². The Balaban J connectivity index is 1.92. The van der Waals surface area contributed by atoms with E-state index in [0.29, 0.717) is 36.7 Å². The number of hydrogen-bond donors (Lipinski definition) is 1. The molecule has 1 aromatic rings. The number of halogens is 2. The van der Waals surface area contributed by atoms with Crippen LogP contribution in [0.3, 0.4) is 0 Å². The molecule has 4 heteroatoms. The van der Waals surface area contributed by atoms with Crippen molar-refractivity contribution in [2.45, 2.75) is 31.3 Å². The molecule has 0 spiro atoms. The summed E-state index contributed by atoms with van der Waals surface area (Å²) in [6.45, 7) is 0.606. The van der Waals surface area contributed by atoms with Gasteiger partial charge >= 0.3 is 0 Å². The Morgan fingerprint density at radius 1 is 1.41 bits per heavy atom. The first-order valence-corrected chi connectivity index (χ1v) is 6.31. The molecule has 0 bridgehead atoms. The zero-order valence-electron chi connectivity index (χ0n) is 9.38. The van der Waals surface area contributed by atoms with Crippen LogP contribution in [-0.4, -0.2) is 11.7 Å². The Morgan fingerprint density at radius 2 is 2.12 bits per heavy atom. The van der Waals surface area contributed by atoms with Gasteiger partial charge in [-0.3, -0.25) is 0 Å². The van der Waals surface area contributed by atoms with Crippen LogP contribution >= 0.6 is 11.6 Å². The molecule has 2 saturated carbocycles. The maximum Gasteiger partial charge on any atom is 0.144 e. The van der Waals surface area contributed by atoms with Crippen LogP contribution in [0.25, 0.3) is 0 Å². The lowest BCUT2D eigenvalue weighted by Gasteiger charge is -2.16. The molecule has 2 fully saturated rings. The van der Waals surface area contributed by atoms with E-state index in [1.54, 1.807) is 0 Å². The smallest absolute Gasteiger partial charge is 0.144 e. The molecule has 0 aromatic heterocycles. The van der Waals surface area contributed by atoms with Crippen LogP contribution in [0.1, 0.15) is 31.2 Å². The third kappa shape index (κ3) is 2.26. The van der Waals surface area contributed by atoms with Crippen LogP contribution < -0.4 is 4.74 Å². The predicted octanol–water partition coefficient (Wildman–Crippen LogP) is 3.25. The number of aliphatic hydroxyl groups is 1. The molecule has 0 atom stereocenters. The lowest BCUT2D eigenvalue weighted by Crippen LogP contribution is -2.10. The van der Waals surface area contributed by atoms with Crippen LogP contribution in [0.5, 0.6) is 5.75 Å². The van der Waals surface area contributed by atoms with Gasteiger partial charge < -0.3 is 9.84 Å². The van der Waals surface area contributed by atoms with Crippen molar-refractivity contribution in [3.8, 4) is 5.75 Å². The molecule has 0 saturated heterocycles. The van der Waals surface area contributed by atoms with Crippen LogP contribution in [-0.2, 0) is 5.60 Å². The van der Waals surface area contributed by atoms with Crippen LogP contribution in [0, 0.1) is 11.7 Å². The molecule has 92 valence electrons. The first-order chi connectivity index (χ1) is 8.08. The van der Waals surface area contributed by atoms with E-state index in [9.17, 15) is 9.50 Å².